The van der Waals surface area contributed by atoms with Crippen LogP contribution in [0.2, 0.25) is 0 Å². The largest absolute Gasteiger partial charge is 0.356 e. The number of amides is 2. The quantitative estimate of drug-likeness (QED) is 0.664. The van der Waals surface area contributed by atoms with E-state index in [0.717, 1.165) is 31.7 Å². The molecule has 0 radical (unpaired) electrons. The zero-order valence-electron chi connectivity index (χ0n) is 16.5. The lowest BCUT2D eigenvalue weighted by atomic mass is 9.96. The standard InChI is InChI=1S/C20H22N8O2/c1-14(29)25-16-2-4-17(5-3-16)26-20(30)15-6-8-27(9-7-15)18-10-19(23-12-22-18)28-13-21-11-24-28/h2-5,10-13,15H,6-9H2,1H3,(H,25,29)(H,26,30). The van der Waals surface area contributed by atoms with Crippen molar-refractivity contribution < 1.29 is 9.59 Å². The Balaban J connectivity index is 1.32. The van der Waals surface area contributed by atoms with Crippen molar-refractivity contribution in [2.75, 3.05) is 28.6 Å². The predicted molar refractivity (Wildman–Crippen MR) is 111 cm³/mol. The third-order valence-electron chi connectivity index (χ3n) is 4.95. The number of hydrogen-bond acceptors (Lipinski definition) is 7. The van der Waals surface area contributed by atoms with Crippen LogP contribution in [-0.4, -0.2) is 49.6 Å². The molecule has 0 atom stereocenters. The molecule has 1 fully saturated rings. The second-order valence-corrected chi connectivity index (χ2v) is 7.08. The SMILES string of the molecule is CC(=O)Nc1ccc(NC(=O)C2CCN(c3cc(-n4cncn4)ncn3)CC2)cc1. The van der Waals surface area contributed by atoms with Gasteiger partial charge in [0, 0.05) is 43.4 Å². The Morgan fingerprint density at radius 3 is 2.27 bits per heavy atom. The van der Waals surface area contributed by atoms with Gasteiger partial charge in [0.1, 0.15) is 24.8 Å². The number of hydrogen-bond donors (Lipinski definition) is 2. The van der Waals surface area contributed by atoms with Gasteiger partial charge in [-0.15, -0.1) is 0 Å². The van der Waals surface area contributed by atoms with Crippen LogP contribution in [-0.2, 0) is 9.59 Å². The molecule has 3 heterocycles. The van der Waals surface area contributed by atoms with Crippen molar-refractivity contribution in [1.29, 1.82) is 0 Å². The van der Waals surface area contributed by atoms with Crippen LogP contribution >= 0.6 is 0 Å². The summed E-state index contributed by atoms with van der Waals surface area (Å²) in [5.41, 5.74) is 1.41. The molecule has 0 bridgehead atoms. The van der Waals surface area contributed by atoms with Crippen molar-refractivity contribution in [3.63, 3.8) is 0 Å². The number of piperidine rings is 1. The lowest BCUT2D eigenvalue weighted by molar-refractivity contribution is -0.120. The first kappa shape index (κ1) is 19.5. The first-order valence-electron chi connectivity index (χ1n) is 9.69. The number of nitrogens with zero attached hydrogens (tertiary/aromatic N) is 6. The summed E-state index contributed by atoms with van der Waals surface area (Å²) in [7, 11) is 0. The van der Waals surface area contributed by atoms with Crippen LogP contribution in [0.1, 0.15) is 19.8 Å². The molecule has 10 nitrogen and oxygen atoms in total. The molecule has 0 saturated carbocycles. The van der Waals surface area contributed by atoms with Gasteiger partial charge in [-0.05, 0) is 37.1 Å². The molecule has 3 aromatic rings. The number of aromatic nitrogens is 5. The van der Waals surface area contributed by atoms with E-state index in [1.165, 1.54) is 19.6 Å². The molecule has 1 saturated heterocycles. The smallest absolute Gasteiger partial charge is 0.227 e. The van der Waals surface area contributed by atoms with E-state index < -0.39 is 0 Å². The maximum Gasteiger partial charge on any atom is 0.227 e. The third kappa shape index (κ3) is 4.59. The lowest BCUT2D eigenvalue weighted by Gasteiger charge is -2.32. The summed E-state index contributed by atoms with van der Waals surface area (Å²) < 4.78 is 1.59. The van der Waals surface area contributed by atoms with E-state index in [9.17, 15) is 9.59 Å². The number of carbonyl (C=O) groups excluding carboxylic acids is 2. The zero-order chi connectivity index (χ0) is 20.9. The van der Waals surface area contributed by atoms with E-state index in [0.29, 0.717) is 17.2 Å². The third-order valence-corrected chi connectivity index (χ3v) is 4.95. The van der Waals surface area contributed by atoms with E-state index in [1.807, 2.05) is 6.07 Å². The highest BCUT2D eigenvalue weighted by atomic mass is 16.2. The average molecular weight is 406 g/mol. The Kier molecular flexibility index (Phi) is 5.64. The summed E-state index contributed by atoms with van der Waals surface area (Å²) in [6, 6.07) is 8.96. The maximum absolute atomic E-state index is 12.6. The summed E-state index contributed by atoms with van der Waals surface area (Å²) in [5.74, 6) is 1.28. The molecule has 0 spiro atoms. The highest BCUT2D eigenvalue weighted by Crippen LogP contribution is 2.24. The minimum Gasteiger partial charge on any atom is -0.356 e. The van der Waals surface area contributed by atoms with Crippen LogP contribution < -0.4 is 15.5 Å². The summed E-state index contributed by atoms with van der Waals surface area (Å²) in [4.78, 5) is 38.4. The Morgan fingerprint density at radius 1 is 0.967 bits per heavy atom. The molecule has 0 unspecified atom stereocenters. The molecule has 1 aromatic carbocycles. The molecule has 10 heteroatoms. The Morgan fingerprint density at radius 2 is 1.63 bits per heavy atom. The normalized spacial score (nSPS) is 14.4. The van der Waals surface area contributed by atoms with Gasteiger partial charge in [-0.25, -0.2) is 19.6 Å². The van der Waals surface area contributed by atoms with Crippen molar-refractivity contribution in [3.05, 3.63) is 49.3 Å². The number of benzene rings is 1. The molecule has 2 amide bonds. The maximum atomic E-state index is 12.6. The van der Waals surface area contributed by atoms with Gasteiger partial charge in [-0.1, -0.05) is 0 Å². The van der Waals surface area contributed by atoms with Crippen LogP contribution in [0.15, 0.2) is 49.3 Å². The van der Waals surface area contributed by atoms with E-state index in [-0.39, 0.29) is 17.7 Å². The summed E-state index contributed by atoms with van der Waals surface area (Å²) in [6.45, 7) is 2.92. The van der Waals surface area contributed by atoms with Crippen molar-refractivity contribution in [2.45, 2.75) is 19.8 Å². The van der Waals surface area contributed by atoms with Crippen LogP contribution in [0.25, 0.3) is 5.82 Å². The minimum atomic E-state index is -0.129. The van der Waals surface area contributed by atoms with Crippen LogP contribution in [0.5, 0.6) is 0 Å². The van der Waals surface area contributed by atoms with Crippen LogP contribution in [0.3, 0.4) is 0 Å². The number of anilines is 3. The molecular weight excluding hydrogens is 384 g/mol. The van der Waals surface area contributed by atoms with E-state index in [1.54, 1.807) is 35.3 Å². The molecule has 0 aliphatic carbocycles. The number of nitrogens with one attached hydrogen (secondary N) is 2. The zero-order valence-corrected chi connectivity index (χ0v) is 16.5. The van der Waals surface area contributed by atoms with E-state index in [2.05, 4.69) is 35.6 Å². The Hall–Kier alpha value is -3.82. The molecule has 2 aromatic heterocycles. The molecule has 4 rings (SSSR count). The second kappa shape index (κ2) is 8.68. The van der Waals surface area contributed by atoms with Crippen molar-refractivity contribution in [2.24, 2.45) is 5.92 Å². The summed E-state index contributed by atoms with van der Waals surface area (Å²) >= 11 is 0. The van der Waals surface area contributed by atoms with Gasteiger partial charge in [0.05, 0.1) is 0 Å². The minimum absolute atomic E-state index is 0.00733. The van der Waals surface area contributed by atoms with Gasteiger partial charge < -0.3 is 15.5 Å². The molecular formula is C20H22N8O2. The van der Waals surface area contributed by atoms with Gasteiger partial charge in [-0.2, -0.15) is 5.10 Å². The van der Waals surface area contributed by atoms with Crippen LogP contribution in [0.4, 0.5) is 17.2 Å². The molecule has 1 aliphatic rings. The van der Waals surface area contributed by atoms with Gasteiger partial charge in [0.25, 0.3) is 0 Å². The fourth-order valence-corrected chi connectivity index (χ4v) is 3.42. The predicted octanol–water partition coefficient (Wildman–Crippen LogP) is 1.87. The molecule has 2 N–H and O–H groups in total. The summed E-state index contributed by atoms with van der Waals surface area (Å²) in [5, 5.41) is 9.76. The number of rotatable bonds is 5. The van der Waals surface area contributed by atoms with E-state index in [4.69, 9.17) is 0 Å². The Labute approximate surface area is 173 Å². The van der Waals surface area contributed by atoms with Crippen LogP contribution in [0, 0.1) is 5.92 Å². The van der Waals surface area contributed by atoms with Crippen molar-refractivity contribution >= 4 is 29.0 Å². The summed E-state index contributed by atoms with van der Waals surface area (Å²) in [6.07, 6.45) is 6.03. The first-order chi connectivity index (χ1) is 14.6. The van der Waals surface area contributed by atoms with E-state index >= 15 is 0 Å². The van der Waals surface area contributed by atoms with Gasteiger partial charge in [0.15, 0.2) is 5.82 Å². The van der Waals surface area contributed by atoms with Gasteiger partial charge >= 0.3 is 0 Å². The monoisotopic (exact) mass is 406 g/mol. The second-order valence-electron chi connectivity index (χ2n) is 7.08. The van der Waals surface area contributed by atoms with Crippen molar-refractivity contribution in [1.82, 2.24) is 24.7 Å². The lowest BCUT2D eigenvalue weighted by Crippen LogP contribution is -2.38. The fraction of sp³-hybridized carbons (Fsp3) is 0.300. The number of carbonyl (C=O) groups is 2. The Bertz CT molecular complexity index is 1010. The molecule has 1 aliphatic heterocycles. The van der Waals surface area contributed by atoms with Gasteiger partial charge in [0.2, 0.25) is 11.8 Å². The van der Waals surface area contributed by atoms with Crippen molar-refractivity contribution in [3.8, 4) is 5.82 Å². The van der Waals surface area contributed by atoms with Gasteiger partial charge in [-0.3, -0.25) is 9.59 Å². The highest BCUT2D eigenvalue weighted by molar-refractivity contribution is 5.93. The highest BCUT2D eigenvalue weighted by Gasteiger charge is 2.26. The fourth-order valence-electron chi connectivity index (χ4n) is 3.42. The first-order valence-corrected chi connectivity index (χ1v) is 9.69. The average Bonchev–Trinajstić information content (AvgIpc) is 3.30. The topological polar surface area (TPSA) is 118 Å². The molecule has 154 valence electrons. The molecule has 30 heavy (non-hydrogen) atoms.